The lowest BCUT2D eigenvalue weighted by Gasteiger charge is -2.08. The Morgan fingerprint density at radius 3 is 2.62 bits per heavy atom. The zero-order valence-corrected chi connectivity index (χ0v) is 13.4. The van der Waals surface area contributed by atoms with Gasteiger partial charge in [-0.3, -0.25) is 14.9 Å². The molecule has 0 aromatic heterocycles. The maximum atomic E-state index is 13.6. The minimum Gasteiger partial charge on any atom is -0.319 e. The predicted octanol–water partition coefficient (Wildman–Crippen LogP) is 4.51. The first-order valence-corrected chi connectivity index (χ1v) is 7.18. The first kappa shape index (κ1) is 15.6. The molecule has 0 spiro atoms. The van der Waals surface area contributed by atoms with E-state index in [4.69, 9.17) is 0 Å². The van der Waals surface area contributed by atoms with E-state index >= 15 is 0 Å². The second kappa shape index (κ2) is 6.31. The molecule has 0 radical (unpaired) electrons. The molecule has 0 saturated heterocycles. The number of halogens is 3. The summed E-state index contributed by atoms with van der Waals surface area (Å²) in [5.74, 6) is -1.25. The number of hydrogen-bond acceptors (Lipinski definition) is 3. The molecule has 5 nitrogen and oxygen atoms in total. The number of anilines is 1. The molecule has 2 aromatic rings. The number of amides is 1. The largest absolute Gasteiger partial charge is 0.319 e. The van der Waals surface area contributed by atoms with Gasteiger partial charge in [-0.05, 0) is 40.2 Å². The quantitative estimate of drug-likeness (QED) is 0.589. The zero-order chi connectivity index (χ0) is 15.6. The number of nitrogens with one attached hydrogen (secondary N) is 1. The second-order valence-electron chi connectivity index (χ2n) is 3.97. The summed E-state index contributed by atoms with van der Waals surface area (Å²) in [5.41, 5.74) is -0.214. The van der Waals surface area contributed by atoms with Crippen molar-refractivity contribution in [2.75, 3.05) is 5.32 Å². The van der Waals surface area contributed by atoms with Gasteiger partial charge in [0.2, 0.25) is 0 Å². The predicted molar refractivity (Wildman–Crippen MR) is 82.8 cm³/mol. The van der Waals surface area contributed by atoms with Crippen LogP contribution in [-0.4, -0.2) is 10.8 Å². The van der Waals surface area contributed by atoms with Gasteiger partial charge < -0.3 is 5.32 Å². The summed E-state index contributed by atoms with van der Waals surface area (Å²) >= 11 is 6.19. The van der Waals surface area contributed by atoms with Gasteiger partial charge in [-0.1, -0.05) is 22.0 Å². The Hall–Kier alpha value is -1.80. The fourth-order valence-corrected chi connectivity index (χ4v) is 2.57. The van der Waals surface area contributed by atoms with E-state index in [0.29, 0.717) is 4.47 Å². The molecule has 1 amide bonds. The van der Waals surface area contributed by atoms with Crippen molar-refractivity contribution in [3.05, 3.63) is 66.8 Å². The van der Waals surface area contributed by atoms with Gasteiger partial charge in [-0.2, -0.15) is 0 Å². The summed E-state index contributed by atoms with van der Waals surface area (Å²) < 4.78 is 14.2. The van der Waals surface area contributed by atoms with Gasteiger partial charge in [0, 0.05) is 10.5 Å². The van der Waals surface area contributed by atoms with Crippen LogP contribution in [0.15, 0.2) is 45.3 Å². The number of nitrogens with zero attached hydrogens (tertiary/aromatic N) is 1. The average Bonchev–Trinajstić information content (AvgIpc) is 2.42. The van der Waals surface area contributed by atoms with E-state index in [1.54, 1.807) is 0 Å². The molecule has 108 valence electrons. The molecule has 0 atom stereocenters. The molecule has 2 aromatic carbocycles. The molecule has 8 heteroatoms. The molecule has 0 aliphatic carbocycles. The monoisotopic (exact) mass is 416 g/mol. The maximum absolute atomic E-state index is 13.6. The molecule has 0 fully saturated rings. The fourth-order valence-electron chi connectivity index (χ4n) is 1.62. The normalized spacial score (nSPS) is 10.2. The summed E-state index contributed by atoms with van der Waals surface area (Å²) in [6, 6.07) is 8.15. The van der Waals surface area contributed by atoms with Crippen LogP contribution in [0.25, 0.3) is 0 Å². The van der Waals surface area contributed by atoms with Gasteiger partial charge in [-0.15, -0.1) is 0 Å². The topological polar surface area (TPSA) is 72.2 Å². The van der Waals surface area contributed by atoms with Crippen molar-refractivity contribution >= 4 is 49.1 Å². The van der Waals surface area contributed by atoms with Crippen LogP contribution in [0, 0.1) is 15.9 Å². The third-order valence-electron chi connectivity index (χ3n) is 2.60. The Kier molecular flexibility index (Phi) is 4.69. The van der Waals surface area contributed by atoms with Crippen molar-refractivity contribution in [1.82, 2.24) is 0 Å². The van der Waals surface area contributed by atoms with Crippen LogP contribution in [0.5, 0.6) is 0 Å². The summed E-state index contributed by atoms with van der Waals surface area (Å²) in [6.07, 6.45) is 0. The summed E-state index contributed by atoms with van der Waals surface area (Å²) in [6.45, 7) is 0. The van der Waals surface area contributed by atoms with E-state index < -0.39 is 16.6 Å². The highest BCUT2D eigenvalue weighted by atomic mass is 79.9. The average molecular weight is 418 g/mol. The summed E-state index contributed by atoms with van der Waals surface area (Å²) in [5, 5.41) is 13.2. The molecular weight excluding hydrogens is 411 g/mol. The van der Waals surface area contributed by atoms with Crippen LogP contribution >= 0.6 is 31.9 Å². The molecule has 0 aliphatic heterocycles. The van der Waals surface area contributed by atoms with Gasteiger partial charge in [-0.25, -0.2) is 4.39 Å². The smallest absolute Gasteiger partial charge is 0.284 e. The molecule has 21 heavy (non-hydrogen) atoms. The Morgan fingerprint density at radius 2 is 1.95 bits per heavy atom. The number of nitro benzene ring substituents is 1. The van der Waals surface area contributed by atoms with Crippen LogP contribution in [0.4, 0.5) is 15.8 Å². The van der Waals surface area contributed by atoms with E-state index in [-0.39, 0.29) is 21.4 Å². The van der Waals surface area contributed by atoms with Crippen molar-refractivity contribution < 1.29 is 14.1 Å². The molecule has 0 aliphatic rings. The number of nitro groups is 1. The second-order valence-corrected chi connectivity index (χ2v) is 5.68. The molecule has 0 saturated carbocycles. The first-order valence-electron chi connectivity index (χ1n) is 5.59. The fraction of sp³-hybridized carbons (Fsp3) is 0. The van der Waals surface area contributed by atoms with Crippen LogP contribution in [0.3, 0.4) is 0 Å². The molecular formula is C13H7Br2FN2O3. The molecule has 2 rings (SSSR count). The minimum atomic E-state index is -0.650. The third kappa shape index (κ3) is 3.45. The van der Waals surface area contributed by atoms with Crippen molar-refractivity contribution in [3.8, 4) is 0 Å². The van der Waals surface area contributed by atoms with Crippen molar-refractivity contribution in [3.63, 3.8) is 0 Å². The van der Waals surface area contributed by atoms with E-state index in [0.717, 1.165) is 0 Å². The lowest BCUT2D eigenvalue weighted by molar-refractivity contribution is -0.385. The number of benzene rings is 2. The Balaban J connectivity index is 2.35. The van der Waals surface area contributed by atoms with Gasteiger partial charge in [0.05, 0.1) is 16.2 Å². The minimum absolute atomic E-state index is 0.0206. The first-order chi connectivity index (χ1) is 9.90. The van der Waals surface area contributed by atoms with Gasteiger partial charge in [0.25, 0.3) is 11.6 Å². The van der Waals surface area contributed by atoms with Crippen molar-refractivity contribution in [2.45, 2.75) is 0 Å². The highest BCUT2D eigenvalue weighted by Crippen LogP contribution is 2.29. The van der Waals surface area contributed by atoms with E-state index in [2.05, 4.69) is 37.2 Å². The number of carbonyl (C=O) groups excluding carboxylic acids is 1. The third-order valence-corrected chi connectivity index (χ3v) is 3.92. The van der Waals surface area contributed by atoms with Gasteiger partial charge >= 0.3 is 0 Å². The molecule has 0 heterocycles. The van der Waals surface area contributed by atoms with Gasteiger partial charge in [0.1, 0.15) is 10.3 Å². The number of rotatable bonds is 3. The Labute approximate surface area is 135 Å². The number of hydrogen-bond donors (Lipinski definition) is 1. The highest BCUT2D eigenvalue weighted by Gasteiger charge is 2.20. The lowest BCUT2D eigenvalue weighted by Crippen LogP contribution is -2.14. The van der Waals surface area contributed by atoms with E-state index in [1.807, 2.05) is 0 Å². The van der Waals surface area contributed by atoms with Crippen LogP contribution in [-0.2, 0) is 0 Å². The Bertz CT molecular complexity index is 737. The lowest BCUT2D eigenvalue weighted by atomic mass is 10.2. The van der Waals surface area contributed by atoms with E-state index in [1.165, 1.54) is 36.4 Å². The van der Waals surface area contributed by atoms with Crippen LogP contribution < -0.4 is 5.32 Å². The molecule has 0 unspecified atom stereocenters. The Morgan fingerprint density at radius 1 is 1.24 bits per heavy atom. The van der Waals surface area contributed by atoms with Crippen LogP contribution in [0.2, 0.25) is 0 Å². The van der Waals surface area contributed by atoms with Crippen molar-refractivity contribution in [1.29, 1.82) is 0 Å². The van der Waals surface area contributed by atoms with E-state index in [9.17, 15) is 19.3 Å². The summed E-state index contributed by atoms with van der Waals surface area (Å²) in [4.78, 5) is 22.3. The SMILES string of the molecule is O=C(Nc1cc(Br)ccc1F)c1cccc([N+](=O)[O-])c1Br. The van der Waals surface area contributed by atoms with Crippen LogP contribution in [0.1, 0.15) is 10.4 Å². The molecule has 0 bridgehead atoms. The van der Waals surface area contributed by atoms with Gasteiger partial charge in [0.15, 0.2) is 0 Å². The number of carbonyl (C=O) groups is 1. The summed E-state index contributed by atoms with van der Waals surface area (Å²) in [7, 11) is 0. The van der Waals surface area contributed by atoms with Crippen molar-refractivity contribution in [2.24, 2.45) is 0 Å². The maximum Gasteiger partial charge on any atom is 0.284 e. The zero-order valence-electron chi connectivity index (χ0n) is 10.3. The standard InChI is InChI=1S/C13H7Br2FN2O3/c14-7-4-5-9(16)10(6-7)17-13(19)8-2-1-3-11(12(8)15)18(20)21/h1-6H,(H,17,19). The highest BCUT2D eigenvalue weighted by molar-refractivity contribution is 9.11. The molecule has 1 N–H and O–H groups in total.